The molecule has 0 saturated heterocycles. The molecule has 0 aliphatic rings. The molecule has 0 spiro atoms. The van der Waals surface area contributed by atoms with E-state index in [1.54, 1.807) is 0 Å². The van der Waals surface area contributed by atoms with Crippen LogP contribution in [0.1, 0.15) is 36.5 Å². The summed E-state index contributed by atoms with van der Waals surface area (Å²) in [5.41, 5.74) is 3.78. The molecule has 0 atom stereocenters. The maximum Gasteiger partial charge on any atom is 0.123 e. The van der Waals surface area contributed by atoms with Gasteiger partial charge in [0.2, 0.25) is 0 Å². The van der Waals surface area contributed by atoms with Gasteiger partial charge in [0.15, 0.2) is 0 Å². The van der Waals surface area contributed by atoms with Crippen molar-refractivity contribution in [2.75, 3.05) is 25.6 Å². The van der Waals surface area contributed by atoms with Crippen molar-refractivity contribution >= 4 is 27.5 Å². The van der Waals surface area contributed by atoms with E-state index in [2.05, 4.69) is 84.1 Å². The lowest BCUT2D eigenvalue weighted by atomic mass is 10.0. The van der Waals surface area contributed by atoms with Gasteiger partial charge in [-0.1, -0.05) is 54.0 Å². The fraction of sp³-hybridized carbons (Fsp3) is 0.429. The number of halogens is 2. The Morgan fingerprint density at radius 1 is 1.08 bits per heavy atom. The molecular weight excluding hydrogens is 398 g/mol. The lowest BCUT2D eigenvalue weighted by Gasteiger charge is -2.22. The Labute approximate surface area is 165 Å². The molecule has 0 saturated carbocycles. The van der Waals surface area contributed by atoms with Gasteiger partial charge in [-0.2, -0.15) is 0 Å². The summed E-state index contributed by atoms with van der Waals surface area (Å²) < 4.78 is 7.22. The first-order valence-corrected chi connectivity index (χ1v) is 10.1. The molecule has 0 aliphatic heterocycles. The van der Waals surface area contributed by atoms with Crippen molar-refractivity contribution in [3.8, 4) is 5.75 Å². The summed E-state index contributed by atoms with van der Waals surface area (Å²) in [5.74, 6) is 2.08. The molecule has 25 heavy (non-hydrogen) atoms. The average Bonchev–Trinajstić information content (AvgIpc) is 2.57. The van der Waals surface area contributed by atoms with E-state index < -0.39 is 0 Å². The molecule has 0 amide bonds. The number of aryl methyl sites for hydroxylation is 1. The monoisotopic (exact) mass is 423 g/mol. The van der Waals surface area contributed by atoms with Crippen molar-refractivity contribution in [2.45, 2.75) is 33.2 Å². The van der Waals surface area contributed by atoms with Crippen LogP contribution >= 0.6 is 27.5 Å². The standard InChI is InChI=1S/C21H27BrClNO/c1-16(2)20-9-4-17(3)14-21(20)25-13-12-24(11-10-23)15-18-5-7-19(22)8-6-18/h4-9,14,16H,10-13,15H2,1-3H3. The van der Waals surface area contributed by atoms with E-state index in [1.807, 2.05) is 0 Å². The van der Waals surface area contributed by atoms with Crippen LogP contribution in [0.4, 0.5) is 0 Å². The van der Waals surface area contributed by atoms with Crippen LogP contribution in [0, 0.1) is 6.92 Å². The molecule has 0 heterocycles. The van der Waals surface area contributed by atoms with Crippen molar-refractivity contribution < 1.29 is 4.74 Å². The Morgan fingerprint density at radius 2 is 1.80 bits per heavy atom. The summed E-state index contributed by atoms with van der Waals surface area (Å²) in [6.45, 7) is 9.75. The first-order valence-electron chi connectivity index (χ1n) is 8.75. The summed E-state index contributed by atoms with van der Waals surface area (Å²) in [6.07, 6.45) is 0. The Balaban J connectivity index is 1.95. The Bertz CT molecular complexity index is 657. The highest BCUT2D eigenvalue weighted by Gasteiger charge is 2.10. The van der Waals surface area contributed by atoms with Crippen LogP contribution in [0.5, 0.6) is 5.75 Å². The quantitative estimate of drug-likeness (QED) is 0.458. The molecule has 2 rings (SSSR count). The van der Waals surface area contributed by atoms with E-state index in [1.165, 1.54) is 16.7 Å². The van der Waals surface area contributed by atoms with Gasteiger partial charge in [0.1, 0.15) is 12.4 Å². The second-order valence-corrected chi connectivity index (χ2v) is 7.93. The molecule has 136 valence electrons. The van der Waals surface area contributed by atoms with E-state index in [0.717, 1.165) is 29.9 Å². The highest BCUT2D eigenvalue weighted by Crippen LogP contribution is 2.27. The summed E-state index contributed by atoms with van der Waals surface area (Å²) in [6, 6.07) is 14.9. The van der Waals surface area contributed by atoms with Gasteiger partial charge in [-0.25, -0.2) is 0 Å². The first kappa shape index (κ1) is 20.3. The molecule has 0 aliphatic carbocycles. The average molecular weight is 425 g/mol. The van der Waals surface area contributed by atoms with Gasteiger partial charge in [-0.3, -0.25) is 4.90 Å². The van der Waals surface area contributed by atoms with Gasteiger partial charge in [0.25, 0.3) is 0 Å². The third kappa shape index (κ3) is 6.65. The number of hydrogen-bond donors (Lipinski definition) is 0. The Kier molecular flexibility index (Phi) is 8.28. The molecule has 0 radical (unpaired) electrons. The van der Waals surface area contributed by atoms with E-state index in [0.29, 0.717) is 18.4 Å². The fourth-order valence-electron chi connectivity index (χ4n) is 2.77. The predicted octanol–water partition coefficient (Wildman–Crippen LogP) is 6.00. The van der Waals surface area contributed by atoms with Gasteiger partial charge in [0.05, 0.1) is 0 Å². The molecule has 2 nitrogen and oxygen atoms in total. The van der Waals surface area contributed by atoms with Gasteiger partial charge in [0, 0.05) is 30.0 Å². The number of rotatable bonds is 9. The zero-order valence-corrected chi connectivity index (χ0v) is 17.6. The molecule has 0 fully saturated rings. The summed E-state index contributed by atoms with van der Waals surface area (Å²) in [5, 5.41) is 0. The van der Waals surface area contributed by atoms with E-state index in [9.17, 15) is 0 Å². The molecule has 4 heteroatoms. The first-order chi connectivity index (χ1) is 12.0. The van der Waals surface area contributed by atoms with Crippen molar-refractivity contribution in [3.05, 3.63) is 63.6 Å². The topological polar surface area (TPSA) is 12.5 Å². The highest BCUT2D eigenvalue weighted by molar-refractivity contribution is 9.10. The Hall–Kier alpha value is -1.03. The lowest BCUT2D eigenvalue weighted by Crippen LogP contribution is -2.30. The van der Waals surface area contributed by atoms with Crippen LogP contribution in [0.15, 0.2) is 46.9 Å². The zero-order chi connectivity index (χ0) is 18.2. The van der Waals surface area contributed by atoms with Gasteiger partial charge in [-0.05, 0) is 47.7 Å². The van der Waals surface area contributed by atoms with Crippen molar-refractivity contribution in [3.63, 3.8) is 0 Å². The second kappa shape index (κ2) is 10.2. The summed E-state index contributed by atoms with van der Waals surface area (Å²) in [4.78, 5) is 2.33. The number of hydrogen-bond acceptors (Lipinski definition) is 2. The number of nitrogens with zero attached hydrogens (tertiary/aromatic N) is 1. The minimum atomic E-state index is 0.456. The van der Waals surface area contributed by atoms with E-state index >= 15 is 0 Å². The van der Waals surface area contributed by atoms with Gasteiger partial charge < -0.3 is 4.74 Å². The van der Waals surface area contributed by atoms with Crippen LogP contribution in [0.3, 0.4) is 0 Å². The molecule has 0 aromatic heterocycles. The van der Waals surface area contributed by atoms with Crippen LogP contribution in [-0.2, 0) is 6.54 Å². The highest BCUT2D eigenvalue weighted by atomic mass is 79.9. The number of alkyl halides is 1. The maximum atomic E-state index is 6.12. The van der Waals surface area contributed by atoms with Crippen LogP contribution in [-0.4, -0.2) is 30.5 Å². The number of ether oxygens (including phenoxy) is 1. The third-order valence-electron chi connectivity index (χ3n) is 4.18. The van der Waals surface area contributed by atoms with Crippen molar-refractivity contribution in [2.24, 2.45) is 0 Å². The molecule has 0 unspecified atom stereocenters. The van der Waals surface area contributed by atoms with E-state index in [-0.39, 0.29) is 0 Å². The molecule has 2 aromatic carbocycles. The SMILES string of the molecule is Cc1ccc(C(C)C)c(OCCN(CCCl)Cc2ccc(Br)cc2)c1. The molecule has 2 aromatic rings. The zero-order valence-electron chi connectivity index (χ0n) is 15.3. The van der Waals surface area contributed by atoms with Gasteiger partial charge in [-0.15, -0.1) is 11.6 Å². The molecule has 0 N–H and O–H groups in total. The van der Waals surface area contributed by atoms with Crippen LogP contribution in [0.2, 0.25) is 0 Å². The second-order valence-electron chi connectivity index (χ2n) is 6.64. The van der Waals surface area contributed by atoms with Crippen molar-refractivity contribution in [1.82, 2.24) is 4.90 Å². The molecular formula is C21H27BrClNO. The normalized spacial score (nSPS) is 11.3. The van der Waals surface area contributed by atoms with Crippen molar-refractivity contribution in [1.29, 1.82) is 0 Å². The largest absolute Gasteiger partial charge is 0.492 e. The third-order valence-corrected chi connectivity index (χ3v) is 4.87. The number of benzene rings is 2. The smallest absolute Gasteiger partial charge is 0.123 e. The predicted molar refractivity (Wildman–Crippen MR) is 111 cm³/mol. The van der Waals surface area contributed by atoms with Gasteiger partial charge >= 0.3 is 0 Å². The fourth-order valence-corrected chi connectivity index (χ4v) is 3.27. The minimum Gasteiger partial charge on any atom is -0.492 e. The van der Waals surface area contributed by atoms with E-state index in [4.69, 9.17) is 16.3 Å². The lowest BCUT2D eigenvalue weighted by molar-refractivity contribution is 0.209. The minimum absolute atomic E-state index is 0.456. The summed E-state index contributed by atoms with van der Waals surface area (Å²) >= 11 is 9.46. The van der Waals surface area contributed by atoms with Crippen LogP contribution in [0.25, 0.3) is 0 Å². The maximum absolute atomic E-state index is 6.12. The Morgan fingerprint density at radius 3 is 2.44 bits per heavy atom. The van der Waals surface area contributed by atoms with Crippen LogP contribution < -0.4 is 4.74 Å². The summed E-state index contributed by atoms with van der Waals surface area (Å²) in [7, 11) is 0. The molecule has 0 bridgehead atoms.